The maximum absolute atomic E-state index is 12.2. The topological polar surface area (TPSA) is 53.9 Å². The molecule has 0 atom stereocenters. The zero-order valence-electron chi connectivity index (χ0n) is 15.2. The van der Waals surface area contributed by atoms with E-state index in [-0.39, 0.29) is 5.91 Å². The second-order valence-corrected chi connectivity index (χ2v) is 5.59. The molecule has 132 valence electrons. The van der Waals surface area contributed by atoms with Gasteiger partial charge in [0.05, 0.1) is 12.8 Å². The molecule has 0 spiro atoms. The Morgan fingerprint density at radius 2 is 1.56 bits per heavy atom. The zero-order valence-corrected chi connectivity index (χ0v) is 15.2. The minimum Gasteiger partial charge on any atom is -0.497 e. The van der Waals surface area contributed by atoms with Crippen molar-refractivity contribution in [1.29, 1.82) is 0 Å². The van der Waals surface area contributed by atoms with E-state index < -0.39 is 0 Å². The Morgan fingerprint density at radius 3 is 2.08 bits per heavy atom. The predicted octanol–water partition coefficient (Wildman–Crippen LogP) is 3.70. The summed E-state index contributed by atoms with van der Waals surface area (Å²) in [6.45, 7) is 7.95. The van der Waals surface area contributed by atoms with Gasteiger partial charge in [-0.05, 0) is 74.9 Å². The molecule has 2 aromatic rings. The molecule has 0 aromatic heterocycles. The van der Waals surface area contributed by atoms with Gasteiger partial charge in [-0.3, -0.25) is 4.79 Å². The molecule has 1 N–H and O–H groups in total. The van der Waals surface area contributed by atoms with Gasteiger partial charge in [0.15, 0.2) is 0 Å². The first-order chi connectivity index (χ1) is 12.1. The van der Waals surface area contributed by atoms with Gasteiger partial charge in [0, 0.05) is 24.3 Å². The van der Waals surface area contributed by atoms with E-state index in [1.165, 1.54) is 0 Å². The quantitative estimate of drug-likeness (QED) is 0.618. The number of hydrazone groups is 1. The first-order valence-electron chi connectivity index (χ1n) is 8.43. The van der Waals surface area contributed by atoms with Gasteiger partial charge in [-0.25, -0.2) is 5.43 Å². The first-order valence-corrected chi connectivity index (χ1v) is 8.43. The van der Waals surface area contributed by atoms with Crippen LogP contribution in [0.15, 0.2) is 53.6 Å². The normalized spacial score (nSPS) is 11.1. The third-order valence-corrected chi connectivity index (χ3v) is 4.09. The number of anilines is 1. The summed E-state index contributed by atoms with van der Waals surface area (Å²) in [5.41, 5.74) is 5.96. The van der Waals surface area contributed by atoms with Crippen LogP contribution in [0.1, 0.15) is 36.7 Å². The molecule has 0 saturated carbocycles. The number of rotatable bonds is 7. The number of benzene rings is 2. The molecule has 0 bridgehead atoms. The molecule has 1 amide bonds. The van der Waals surface area contributed by atoms with Gasteiger partial charge in [-0.15, -0.1) is 0 Å². The Balaban J connectivity index is 2.03. The van der Waals surface area contributed by atoms with E-state index >= 15 is 0 Å². The fourth-order valence-corrected chi connectivity index (χ4v) is 2.51. The van der Waals surface area contributed by atoms with Crippen molar-refractivity contribution in [3.05, 3.63) is 59.7 Å². The fourth-order valence-electron chi connectivity index (χ4n) is 2.51. The molecule has 0 radical (unpaired) electrons. The number of amides is 1. The van der Waals surface area contributed by atoms with Crippen molar-refractivity contribution in [2.75, 3.05) is 25.1 Å². The Bertz CT molecular complexity index is 718. The summed E-state index contributed by atoms with van der Waals surface area (Å²) in [7, 11) is 1.63. The number of nitrogens with zero attached hydrogens (tertiary/aromatic N) is 2. The van der Waals surface area contributed by atoms with Gasteiger partial charge in [0.2, 0.25) is 0 Å². The lowest BCUT2D eigenvalue weighted by Crippen LogP contribution is -2.22. The molecule has 0 aliphatic rings. The molecular weight excluding hydrogens is 314 g/mol. The van der Waals surface area contributed by atoms with E-state index in [9.17, 15) is 4.79 Å². The SMILES string of the molecule is CCN(CC)c1ccc(C(=O)N/N=C(/C)c2ccc(OC)cc2)cc1. The number of carbonyl (C=O) groups excluding carboxylic acids is 1. The summed E-state index contributed by atoms with van der Waals surface area (Å²) in [4.78, 5) is 14.5. The number of ether oxygens (including phenoxy) is 1. The van der Waals surface area contributed by atoms with Crippen molar-refractivity contribution < 1.29 is 9.53 Å². The highest BCUT2D eigenvalue weighted by molar-refractivity contribution is 6.01. The van der Waals surface area contributed by atoms with Gasteiger partial charge in [0.1, 0.15) is 5.75 Å². The van der Waals surface area contributed by atoms with Crippen LogP contribution in [0.3, 0.4) is 0 Å². The fraction of sp³-hybridized carbons (Fsp3) is 0.300. The van der Waals surface area contributed by atoms with Crippen LogP contribution >= 0.6 is 0 Å². The molecular formula is C20H25N3O2. The monoisotopic (exact) mass is 339 g/mol. The molecule has 0 unspecified atom stereocenters. The molecule has 25 heavy (non-hydrogen) atoms. The highest BCUT2D eigenvalue weighted by Gasteiger charge is 2.07. The van der Waals surface area contributed by atoms with Crippen LogP contribution in [0.5, 0.6) is 5.75 Å². The number of carbonyl (C=O) groups is 1. The molecule has 0 aliphatic heterocycles. The van der Waals surface area contributed by atoms with Crippen LogP contribution in [0, 0.1) is 0 Å². The van der Waals surface area contributed by atoms with Crippen LogP contribution in [0.2, 0.25) is 0 Å². The summed E-state index contributed by atoms with van der Waals surface area (Å²) in [5.74, 6) is 0.563. The number of methoxy groups -OCH3 is 1. The lowest BCUT2D eigenvalue weighted by molar-refractivity contribution is 0.0955. The third-order valence-electron chi connectivity index (χ3n) is 4.09. The molecule has 5 nitrogen and oxygen atoms in total. The molecule has 2 aromatic carbocycles. The van der Waals surface area contributed by atoms with E-state index in [0.717, 1.165) is 35.8 Å². The zero-order chi connectivity index (χ0) is 18.2. The van der Waals surface area contributed by atoms with E-state index in [1.54, 1.807) is 7.11 Å². The summed E-state index contributed by atoms with van der Waals surface area (Å²) in [6, 6.07) is 15.1. The van der Waals surface area contributed by atoms with Crippen LogP contribution in [0.25, 0.3) is 0 Å². The Kier molecular flexibility index (Phi) is 6.57. The Labute approximate surface area is 149 Å². The average Bonchev–Trinajstić information content (AvgIpc) is 2.67. The van der Waals surface area contributed by atoms with Crippen LogP contribution in [0.4, 0.5) is 5.69 Å². The summed E-state index contributed by atoms with van der Waals surface area (Å²) in [5, 5.41) is 4.18. The van der Waals surface area contributed by atoms with Gasteiger partial charge < -0.3 is 9.64 Å². The summed E-state index contributed by atoms with van der Waals surface area (Å²) >= 11 is 0. The number of hydrogen-bond donors (Lipinski definition) is 1. The van der Waals surface area contributed by atoms with Crippen molar-refractivity contribution in [3.63, 3.8) is 0 Å². The van der Waals surface area contributed by atoms with E-state index in [4.69, 9.17) is 4.74 Å². The Morgan fingerprint density at radius 1 is 1.00 bits per heavy atom. The van der Waals surface area contributed by atoms with E-state index in [1.807, 2.05) is 55.5 Å². The molecule has 0 fully saturated rings. The average molecular weight is 339 g/mol. The second kappa shape index (κ2) is 8.87. The number of nitrogens with one attached hydrogen (secondary N) is 1. The third kappa shape index (κ3) is 4.83. The minimum absolute atomic E-state index is 0.223. The van der Waals surface area contributed by atoms with Gasteiger partial charge in [0.25, 0.3) is 5.91 Å². The Hall–Kier alpha value is -2.82. The van der Waals surface area contributed by atoms with Crippen molar-refractivity contribution >= 4 is 17.3 Å². The van der Waals surface area contributed by atoms with Gasteiger partial charge in [-0.1, -0.05) is 0 Å². The lowest BCUT2D eigenvalue weighted by Gasteiger charge is -2.20. The van der Waals surface area contributed by atoms with Crippen molar-refractivity contribution in [3.8, 4) is 5.75 Å². The van der Waals surface area contributed by atoms with Crippen molar-refractivity contribution in [1.82, 2.24) is 5.43 Å². The molecule has 2 rings (SSSR count). The summed E-state index contributed by atoms with van der Waals surface area (Å²) < 4.78 is 5.13. The van der Waals surface area contributed by atoms with E-state index in [2.05, 4.69) is 29.3 Å². The van der Waals surface area contributed by atoms with E-state index in [0.29, 0.717) is 5.56 Å². The second-order valence-electron chi connectivity index (χ2n) is 5.59. The van der Waals surface area contributed by atoms with Gasteiger partial charge in [-0.2, -0.15) is 5.10 Å². The highest BCUT2D eigenvalue weighted by Crippen LogP contribution is 2.15. The highest BCUT2D eigenvalue weighted by atomic mass is 16.5. The van der Waals surface area contributed by atoms with Crippen molar-refractivity contribution in [2.45, 2.75) is 20.8 Å². The molecule has 0 heterocycles. The predicted molar refractivity (Wildman–Crippen MR) is 103 cm³/mol. The smallest absolute Gasteiger partial charge is 0.271 e. The van der Waals surface area contributed by atoms with Crippen LogP contribution in [-0.2, 0) is 0 Å². The first kappa shape index (κ1) is 18.5. The standard InChI is InChI=1S/C20H25N3O2/c1-5-23(6-2)18-11-7-17(8-12-18)20(24)22-21-15(3)16-9-13-19(25-4)14-10-16/h7-14H,5-6H2,1-4H3,(H,22,24)/b21-15-. The maximum Gasteiger partial charge on any atom is 0.271 e. The van der Waals surface area contributed by atoms with Gasteiger partial charge >= 0.3 is 0 Å². The van der Waals surface area contributed by atoms with Crippen LogP contribution < -0.4 is 15.1 Å². The number of hydrogen-bond acceptors (Lipinski definition) is 4. The lowest BCUT2D eigenvalue weighted by atomic mass is 10.1. The minimum atomic E-state index is -0.223. The largest absolute Gasteiger partial charge is 0.497 e. The maximum atomic E-state index is 12.2. The summed E-state index contributed by atoms with van der Waals surface area (Å²) in [6.07, 6.45) is 0. The molecule has 0 saturated heterocycles. The molecule has 0 aliphatic carbocycles. The van der Waals surface area contributed by atoms with Crippen molar-refractivity contribution in [2.24, 2.45) is 5.10 Å². The molecule has 5 heteroatoms. The van der Waals surface area contributed by atoms with Crippen LogP contribution in [-0.4, -0.2) is 31.8 Å².